The number of anilines is 1. The first-order valence-corrected chi connectivity index (χ1v) is 9.33. The second-order valence-electron chi connectivity index (χ2n) is 5.24. The van der Waals surface area contributed by atoms with Crippen molar-refractivity contribution in [1.29, 1.82) is 0 Å². The Morgan fingerprint density at radius 2 is 2.10 bits per heavy atom. The first kappa shape index (κ1) is 14.5. The number of hydrogen-bond acceptors (Lipinski definition) is 5. The summed E-state index contributed by atoms with van der Waals surface area (Å²) in [6, 6.07) is 7.31. The zero-order chi connectivity index (χ0) is 14.9. The lowest BCUT2D eigenvalue weighted by molar-refractivity contribution is 0.600. The minimum absolute atomic E-state index is 0.0703. The fraction of sp³-hybridized carbons (Fsp3) is 0.357. The van der Waals surface area contributed by atoms with Crippen LogP contribution in [0.4, 0.5) is 5.13 Å². The first-order valence-electron chi connectivity index (χ1n) is 6.79. The van der Waals surface area contributed by atoms with Crippen LogP contribution in [0.15, 0.2) is 29.6 Å². The molecule has 0 unspecified atom stereocenters. The van der Waals surface area contributed by atoms with E-state index in [9.17, 15) is 8.42 Å². The van der Waals surface area contributed by atoms with Crippen molar-refractivity contribution in [3.8, 4) is 0 Å². The highest BCUT2D eigenvalue weighted by molar-refractivity contribution is 7.92. The molecule has 0 saturated heterocycles. The standard InChI is InChI=1S/C14H17N3O2S2/c15-7-10-2-1-3-11(6-10)9-21(18,19)17-14-16-13(8-20-14)12-4-5-12/h1-3,6,8,12H,4-5,7,9,15H2,(H,16,17). The van der Waals surface area contributed by atoms with Gasteiger partial charge in [-0.25, -0.2) is 13.4 Å². The molecule has 1 fully saturated rings. The van der Waals surface area contributed by atoms with Gasteiger partial charge in [0.15, 0.2) is 5.13 Å². The normalized spacial score (nSPS) is 15.1. The molecule has 1 saturated carbocycles. The molecule has 0 amide bonds. The SMILES string of the molecule is NCc1cccc(CS(=O)(=O)Nc2nc(C3CC3)cs2)c1. The molecule has 1 aromatic heterocycles. The Bertz CT molecular complexity index is 736. The third kappa shape index (κ3) is 3.81. The summed E-state index contributed by atoms with van der Waals surface area (Å²) in [6.45, 7) is 0.401. The van der Waals surface area contributed by atoms with E-state index in [0.717, 1.165) is 29.7 Å². The zero-order valence-corrected chi connectivity index (χ0v) is 13.1. The molecule has 5 nitrogen and oxygen atoms in total. The van der Waals surface area contributed by atoms with Crippen molar-refractivity contribution in [2.75, 3.05) is 4.72 Å². The van der Waals surface area contributed by atoms with Crippen molar-refractivity contribution in [2.45, 2.75) is 31.1 Å². The Morgan fingerprint density at radius 1 is 1.33 bits per heavy atom. The average molecular weight is 323 g/mol. The first-order chi connectivity index (χ1) is 10.1. The molecule has 0 bridgehead atoms. The van der Waals surface area contributed by atoms with Crippen molar-refractivity contribution in [1.82, 2.24) is 4.98 Å². The molecule has 21 heavy (non-hydrogen) atoms. The maximum atomic E-state index is 12.2. The number of nitrogens with one attached hydrogen (secondary N) is 1. The van der Waals surface area contributed by atoms with E-state index < -0.39 is 10.0 Å². The third-order valence-electron chi connectivity index (χ3n) is 3.34. The summed E-state index contributed by atoms with van der Waals surface area (Å²) in [4.78, 5) is 4.34. The van der Waals surface area contributed by atoms with E-state index in [4.69, 9.17) is 5.73 Å². The van der Waals surface area contributed by atoms with Gasteiger partial charge in [-0.15, -0.1) is 11.3 Å². The maximum Gasteiger partial charge on any atom is 0.238 e. The van der Waals surface area contributed by atoms with Crippen LogP contribution < -0.4 is 10.5 Å². The topological polar surface area (TPSA) is 85.1 Å². The summed E-state index contributed by atoms with van der Waals surface area (Å²) in [6.07, 6.45) is 2.31. The molecule has 7 heteroatoms. The maximum absolute atomic E-state index is 12.2. The van der Waals surface area contributed by atoms with E-state index in [2.05, 4.69) is 9.71 Å². The summed E-state index contributed by atoms with van der Waals surface area (Å²) in [5, 5.41) is 2.39. The third-order valence-corrected chi connectivity index (χ3v) is 5.47. The van der Waals surface area contributed by atoms with E-state index in [1.807, 2.05) is 23.6 Å². The lowest BCUT2D eigenvalue weighted by atomic mass is 10.1. The number of sulfonamides is 1. The highest BCUT2D eigenvalue weighted by Crippen LogP contribution is 2.41. The Morgan fingerprint density at radius 3 is 2.81 bits per heavy atom. The van der Waals surface area contributed by atoms with Crippen LogP contribution in [0, 0.1) is 0 Å². The monoisotopic (exact) mass is 323 g/mol. The van der Waals surface area contributed by atoms with Gasteiger partial charge in [-0.1, -0.05) is 24.3 Å². The second-order valence-corrected chi connectivity index (χ2v) is 7.82. The molecule has 0 aliphatic heterocycles. The largest absolute Gasteiger partial charge is 0.326 e. The number of hydrogen-bond donors (Lipinski definition) is 2. The predicted molar refractivity (Wildman–Crippen MR) is 84.7 cm³/mol. The van der Waals surface area contributed by atoms with E-state index in [1.54, 1.807) is 6.07 Å². The van der Waals surface area contributed by atoms with Crippen LogP contribution in [0.3, 0.4) is 0 Å². The van der Waals surface area contributed by atoms with Crippen LogP contribution >= 0.6 is 11.3 Å². The van der Waals surface area contributed by atoms with Gasteiger partial charge < -0.3 is 5.73 Å². The number of thiazole rings is 1. The van der Waals surface area contributed by atoms with Gasteiger partial charge in [0.2, 0.25) is 10.0 Å². The lowest BCUT2D eigenvalue weighted by Gasteiger charge is -2.06. The van der Waals surface area contributed by atoms with Crippen LogP contribution in [0.25, 0.3) is 0 Å². The van der Waals surface area contributed by atoms with Gasteiger partial charge in [0.25, 0.3) is 0 Å². The van der Waals surface area contributed by atoms with Gasteiger partial charge in [-0.2, -0.15) is 0 Å². The minimum atomic E-state index is -3.45. The summed E-state index contributed by atoms with van der Waals surface area (Å²) < 4.78 is 26.9. The molecule has 1 aliphatic rings. The Kier molecular flexibility index (Phi) is 3.97. The van der Waals surface area contributed by atoms with Gasteiger partial charge in [-0.05, 0) is 24.0 Å². The fourth-order valence-electron chi connectivity index (χ4n) is 2.13. The molecule has 112 valence electrons. The van der Waals surface area contributed by atoms with Crippen molar-refractivity contribution in [3.63, 3.8) is 0 Å². The quantitative estimate of drug-likeness (QED) is 0.855. The molecule has 1 heterocycles. The zero-order valence-electron chi connectivity index (χ0n) is 11.5. The minimum Gasteiger partial charge on any atom is -0.326 e. The molecule has 1 aliphatic carbocycles. The summed E-state index contributed by atoms with van der Waals surface area (Å²) in [5.41, 5.74) is 8.22. The number of benzene rings is 1. The number of rotatable bonds is 6. The van der Waals surface area contributed by atoms with Crippen LogP contribution in [0.1, 0.15) is 35.6 Å². The summed E-state index contributed by atoms with van der Waals surface area (Å²) >= 11 is 1.34. The van der Waals surface area contributed by atoms with Gasteiger partial charge in [-0.3, -0.25) is 4.72 Å². The molecule has 3 N–H and O–H groups in total. The van der Waals surface area contributed by atoms with Crippen LogP contribution in [0.5, 0.6) is 0 Å². The molecular formula is C14H17N3O2S2. The van der Waals surface area contributed by atoms with Crippen molar-refractivity contribution < 1.29 is 8.42 Å². The Hall–Kier alpha value is -1.44. The fourth-order valence-corrected chi connectivity index (χ4v) is 4.35. The van der Waals surface area contributed by atoms with Gasteiger partial charge in [0.1, 0.15) is 0 Å². The highest BCUT2D eigenvalue weighted by atomic mass is 32.2. The molecule has 0 radical (unpaired) electrons. The number of aromatic nitrogens is 1. The van der Waals surface area contributed by atoms with Crippen molar-refractivity contribution in [2.24, 2.45) is 5.73 Å². The average Bonchev–Trinajstić information content (AvgIpc) is 3.19. The molecule has 2 aromatic rings. The van der Waals surface area contributed by atoms with Gasteiger partial charge in [0.05, 0.1) is 11.4 Å². The Balaban J connectivity index is 1.70. The Labute approximate surface area is 128 Å². The van der Waals surface area contributed by atoms with Crippen molar-refractivity contribution in [3.05, 3.63) is 46.5 Å². The van der Waals surface area contributed by atoms with E-state index in [-0.39, 0.29) is 5.75 Å². The smallest absolute Gasteiger partial charge is 0.238 e. The van der Waals surface area contributed by atoms with Crippen LogP contribution in [0.2, 0.25) is 0 Å². The molecule has 0 spiro atoms. The number of nitrogens with zero attached hydrogens (tertiary/aromatic N) is 1. The molecule has 0 atom stereocenters. The second kappa shape index (κ2) is 5.75. The summed E-state index contributed by atoms with van der Waals surface area (Å²) in [7, 11) is -3.45. The molecule has 3 rings (SSSR count). The van der Waals surface area contributed by atoms with Crippen molar-refractivity contribution >= 4 is 26.5 Å². The highest BCUT2D eigenvalue weighted by Gasteiger charge is 2.26. The molecular weight excluding hydrogens is 306 g/mol. The van der Waals surface area contributed by atoms with E-state index in [1.165, 1.54) is 11.3 Å². The molecule has 1 aromatic carbocycles. The number of nitrogens with two attached hydrogens (primary N) is 1. The lowest BCUT2D eigenvalue weighted by Crippen LogP contribution is -2.15. The van der Waals surface area contributed by atoms with E-state index >= 15 is 0 Å². The summed E-state index contributed by atoms with van der Waals surface area (Å²) in [5.74, 6) is 0.458. The van der Waals surface area contributed by atoms with Gasteiger partial charge >= 0.3 is 0 Å². The van der Waals surface area contributed by atoms with Crippen LogP contribution in [-0.2, 0) is 22.3 Å². The predicted octanol–water partition coefficient (Wildman–Crippen LogP) is 2.42. The van der Waals surface area contributed by atoms with Gasteiger partial charge in [0, 0.05) is 17.8 Å². The van der Waals surface area contributed by atoms with Crippen LogP contribution in [-0.4, -0.2) is 13.4 Å². The van der Waals surface area contributed by atoms with E-state index in [0.29, 0.717) is 17.6 Å².